The van der Waals surface area contributed by atoms with Gasteiger partial charge in [0.2, 0.25) is 0 Å². The number of aryl methyl sites for hydroxylation is 1. The molecule has 0 unspecified atom stereocenters. The van der Waals surface area contributed by atoms with Crippen LogP contribution in [-0.4, -0.2) is 25.0 Å². The zero-order valence-electron chi connectivity index (χ0n) is 15.5. The topological polar surface area (TPSA) is 49.7 Å². The molecule has 1 heterocycles. The third-order valence-corrected chi connectivity index (χ3v) is 6.35. The average Bonchev–Trinajstić information content (AvgIpc) is 2.75. The first-order valence-corrected chi connectivity index (χ1v) is 10.5. The first-order valence-electron chi connectivity index (χ1n) is 9.03. The van der Waals surface area contributed by atoms with Crippen molar-refractivity contribution in [1.82, 2.24) is 4.31 Å². The molecule has 0 N–H and O–H groups in total. The maximum atomic E-state index is 13.3. The summed E-state index contributed by atoms with van der Waals surface area (Å²) in [6.45, 7) is 2.13. The lowest BCUT2D eigenvalue weighted by Gasteiger charge is -2.26. The van der Waals surface area contributed by atoms with E-state index in [1.165, 1.54) is 4.31 Å². The number of aliphatic imine (C=N–C) groups is 1. The van der Waals surface area contributed by atoms with Gasteiger partial charge in [-0.15, -0.1) is 0 Å². The number of hydrogen-bond acceptors (Lipinski definition) is 3. The SMILES string of the molecule is Cc1ccc(S(=O)(=O)N2C=C(c3ccccc3)N=C(c3ccccc3)C2)cc1. The highest BCUT2D eigenvalue weighted by Crippen LogP contribution is 2.26. The standard InChI is InChI=1S/C23H20N2O2S/c1-18-12-14-21(15-13-18)28(26,27)25-16-22(19-8-4-2-5-9-19)24-23(17-25)20-10-6-3-7-11-20/h2-16H,17H2,1H3. The summed E-state index contributed by atoms with van der Waals surface area (Å²) in [6, 6.07) is 26.2. The molecule has 0 atom stereocenters. The second kappa shape index (κ2) is 7.44. The van der Waals surface area contributed by atoms with Crippen LogP contribution in [0.1, 0.15) is 16.7 Å². The third kappa shape index (κ3) is 3.62. The minimum Gasteiger partial charge on any atom is -0.265 e. The van der Waals surface area contributed by atoms with Crippen LogP contribution in [0.4, 0.5) is 0 Å². The Balaban J connectivity index is 1.80. The molecule has 3 aromatic carbocycles. The number of rotatable bonds is 4. The van der Waals surface area contributed by atoms with Crippen molar-refractivity contribution in [1.29, 1.82) is 0 Å². The summed E-state index contributed by atoms with van der Waals surface area (Å²) in [6.07, 6.45) is 1.62. The Kier molecular flexibility index (Phi) is 4.84. The van der Waals surface area contributed by atoms with Crippen LogP contribution in [0.15, 0.2) is 101 Å². The molecule has 28 heavy (non-hydrogen) atoms. The van der Waals surface area contributed by atoms with Gasteiger partial charge in [-0.2, -0.15) is 0 Å². The molecular weight excluding hydrogens is 368 g/mol. The molecular formula is C23H20N2O2S. The number of benzene rings is 3. The Labute approximate surface area is 165 Å². The summed E-state index contributed by atoms with van der Waals surface area (Å²) in [4.78, 5) is 5.04. The van der Waals surface area contributed by atoms with Gasteiger partial charge < -0.3 is 0 Å². The Morgan fingerprint density at radius 2 is 1.36 bits per heavy atom. The summed E-state index contributed by atoms with van der Waals surface area (Å²) in [5, 5.41) is 0. The normalized spacial score (nSPS) is 14.4. The van der Waals surface area contributed by atoms with Gasteiger partial charge in [0.05, 0.1) is 22.8 Å². The van der Waals surface area contributed by atoms with Gasteiger partial charge >= 0.3 is 0 Å². The van der Waals surface area contributed by atoms with Crippen LogP contribution in [0.25, 0.3) is 5.70 Å². The molecule has 140 valence electrons. The highest BCUT2D eigenvalue weighted by molar-refractivity contribution is 7.89. The Bertz CT molecular complexity index is 1130. The molecule has 0 saturated heterocycles. The van der Waals surface area contributed by atoms with Crippen LogP contribution in [-0.2, 0) is 10.0 Å². The smallest absolute Gasteiger partial charge is 0.264 e. The van der Waals surface area contributed by atoms with E-state index >= 15 is 0 Å². The summed E-state index contributed by atoms with van der Waals surface area (Å²) in [7, 11) is -3.68. The lowest BCUT2D eigenvalue weighted by Crippen LogP contribution is -2.34. The molecule has 1 aliphatic rings. The second-order valence-corrected chi connectivity index (χ2v) is 8.56. The van der Waals surface area contributed by atoms with Crippen molar-refractivity contribution >= 4 is 21.4 Å². The van der Waals surface area contributed by atoms with E-state index in [0.29, 0.717) is 5.70 Å². The van der Waals surface area contributed by atoms with Crippen LogP contribution in [0.5, 0.6) is 0 Å². The fourth-order valence-electron chi connectivity index (χ4n) is 3.07. The predicted octanol–water partition coefficient (Wildman–Crippen LogP) is 4.49. The van der Waals surface area contributed by atoms with E-state index in [-0.39, 0.29) is 11.4 Å². The van der Waals surface area contributed by atoms with Crippen molar-refractivity contribution in [2.45, 2.75) is 11.8 Å². The fourth-order valence-corrected chi connectivity index (χ4v) is 4.36. The lowest BCUT2D eigenvalue weighted by molar-refractivity contribution is 0.526. The Morgan fingerprint density at radius 1 is 0.786 bits per heavy atom. The van der Waals surface area contributed by atoms with Crippen molar-refractivity contribution in [3.8, 4) is 0 Å². The fraction of sp³-hybridized carbons (Fsp3) is 0.0870. The molecule has 0 spiro atoms. The summed E-state index contributed by atoms with van der Waals surface area (Å²) >= 11 is 0. The van der Waals surface area contributed by atoms with Gasteiger partial charge in [-0.3, -0.25) is 4.31 Å². The molecule has 5 heteroatoms. The largest absolute Gasteiger partial charge is 0.265 e. The van der Waals surface area contributed by atoms with Crippen molar-refractivity contribution in [2.24, 2.45) is 4.99 Å². The summed E-state index contributed by atoms with van der Waals surface area (Å²) in [5.74, 6) is 0. The van der Waals surface area contributed by atoms with Crippen molar-refractivity contribution < 1.29 is 8.42 Å². The number of hydrogen-bond donors (Lipinski definition) is 0. The Hall–Kier alpha value is -3.18. The molecule has 0 aromatic heterocycles. The quantitative estimate of drug-likeness (QED) is 0.661. The van der Waals surface area contributed by atoms with Crippen molar-refractivity contribution in [3.05, 3.63) is 108 Å². The molecule has 0 radical (unpaired) electrons. The zero-order valence-corrected chi connectivity index (χ0v) is 16.3. The monoisotopic (exact) mass is 388 g/mol. The van der Waals surface area contributed by atoms with Gasteiger partial charge in [-0.25, -0.2) is 13.4 Å². The number of sulfonamides is 1. The zero-order chi connectivity index (χ0) is 19.6. The summed E-state index contributed by atoms with van der Waals surface area (Å²) < 4.78 is 27.9. The van der Waals surface area contributed by atoms with Crippen LogP contribution < -0.4 is 0 Å². The molecule has 0 aliphatic carbocycles. The Morgan fingerprint density at radius 3 is 1.96 bits per heavy atom. The van der Waals surface area contributed by atoms with Crippen LogP contribution >= 0.6 is 0 Å². The van der Waals surface area contributed by atoms with Gasteiger partial charge in [0, 0.05) is 11.8 Å². The molecule has 0 amide bonds. The lowest BCUT2D eigenvalue weighted by atomic mass is 10.1. The highest BCUT2D eigenvalue weighted by atomic mass is 32.2. The molecule has 4 nitrogen and oxygen atoms in total. The van der Waals surface area contributed by atoms with Crippen LogP contribution in [0, 0.1) is 6.92 Å². The van der Waals surface area contributed by atoms with E-state index in [1.54, 1.807) is 18.3 Å². The first kappa shape index (κ1) is 18.2. The van der Waals surface area contributed by atoms with Gasteiger partial charge in [0.25, 0.3) is 10.0 Å². The first-order chi connectivity index (χ1) is 13.5. The van der Waals surface area contributed by atoms with E-state index in [1.807, 2.05) is 79.7 Å². The molecule has 4 rings (SSSR count). The maximum Gasteiger partial charge on any atom is 0.264 e. The van der Waals surface area contributed by atoms with E-state index in [2.05, 4.69) is 0 Å². The van der Waals surface area contributed by atoms with Crippen LogP contribution in [0.2, 0.25) is 0 Å². The van der Waals surface area contributed by atoms with E-state index in [4.69, 9.17) is 4.99 Å². The predicted molar refractivity (Wildman–Crippen MR) is 112 cm³/mol. The van der Waals surface area contributed by atoms with E-state index in [0.717, 1.165) is 22.4 Å². The maximum absolute atomic E-state index is 13.3. The van der Waals surface area contributed by atoms with Gasteiger partial charge in [-0.05, 0) is 24.6 Å². The average molecular weight is 388 g/mol. The third-order valence-electron chi connectivity index (χ3n) is 4.63. The van der Waals surface area contributed by atoms with Gasteiger partial charge in [0.15, 0.2) is 0 Å². The molecule has 0 saturated carbocycles. The minimum absolute atomic E-state index is 0.191. The molecule has 3 aromatic rings. The molecule has 0 bridgehead atoms. The van der Waals surface area contributed by atoms with Crippen molar-refractivity contribution in [2.75, 3.05) is 6.54 Å². The summed E-state index contributed by atoms with van der Waals surface area (Å²) in [5.41, 5.74) is 4.15. The van der Waals surface area contributed by atoms with Gasteiger partial charge in [-0.1, -0.05) is 78.4 Å². The minimum atomic E-state index is -3.68. The van der Waals surface area contributed by atoms with E-state index in [9.17, 15) is 8.42 Å². The van der Waals surface area contributed by atoms with E-state index < -0.39 is 10.0 Å². The molecule has 0 fully saturated rings. The molecule has 1 aliphatic heterocycles. The van der Waals surface area contributed by atoms with Crippen molar-refractivity contribution in [3.63, 3.8) is 0 Å². The highest BCUT2D eigenvalue weighted by Gasteiger charge is 2.27. The van der Waals surface area contributed by atoms with Crippen LogP contribution in [0.3, 0.4) is 0 Å². The van der Waals surface area contributed by atoms with Gasteiger partial charge in [0.1, 0.15) is 0 Å². The second-order valence-electron chi connectivity index (χ2n) is 6.67. The number of nitrogens with zero attached hydrogens (tertiary/aromatic N) is 2.